The van der Waals surface area contributed by atoms with E-state index in [0.29, 0.717) is 13.0 Å². The molecule has 1 saturated heterocycles. The van der Waals surface area contributed by atoms with Gasteiger partial charge in [0, 0.05) is 24.7 Å². The van der Waals surface area contributed by atoms with Crippen molar-refractivity contribution in [3.8, 4) is 5.88 Å². The number of likely N-dealkylation sites (tertiary alicyclic amines) is 1. The van der Waals surface area contributed by atoms with Gasteiger partial charge in [-0.1, -0.05) is 0 Å². The van der Waals surface area contributed by atoms with E-state index in [-0.39, 0.29) is 18.0 Å². The summed E-state index contributed by atoms with van der Waals surface area (Å²) in [6.45, 7) is 7.52. The summed E-state index contributed by atoms with van der Waals surface area (Å²) in [6.07, 6.45) is -3.90. The van der Waals surface area contributed by atoms with Crippen LogP contribution in [0.2, 0.25) is 0 Å². The lowest BCUT2D eigenvalue weighted by atomic mass is 10.2. The minimum atomic E-state index is -4.43. The third-order valence-electron chi connectivity index (χ3n) is 3.52. The van der Waals surface area contributed by atoms with Gasteiger partial charge in [0.25, 0.3) is 0 Å². The van der Waals surface area contributed by atoms with E-state index >= 15 is 0 Å². The Morgan fingerprint density at radius 2 is 1.96 bits per heavy atom. The lowest BCUT2D eigenvalue weighted by molar-refractivity contribution is -0.137. The summed E-state index contributed by atoms with van der Waals surface area (Å²) in [6, 6.07) is 2.02. The fraction of sp³-hybridized carbons (Fsp3) is 0.625. The summed E-state index contributed by atoms with van der Waals surface area (Å²) in [7, 11) is 0. The van der Waals surface area contributed by atoms with Gasteiger partial charge in [-0.25, -0.2) is 9.78 Å². The molecule has 1 fully saturated rings. The van der Waals surface area contributed by atoms with Gasteiger partial charge in [-0.05, 0) is 33.8 Å². The molecule has 0 saturated carbocycles. The van der Waals surface area contributed by atoms with Gasteiger partial charge in [0.15, 0.2) is 0 Å². The average molecular weight is 346 g/mol. The number of pyridine rings is 1. The van der Waals surface area contributed by atoms with Gasteiger partial charge in [0.2, 0.25) is 5.88 Å². The standard InChI is InChI=1S/C16H21F3N2O3/c1-10-7-12(9-21(10)14(22)24-15(2,3)4)23-13-6-5-11(8-20-13)16(17,18)19/h5-6,8,10,12H,7,9H2,1-4H3. The molecule has 2 heterocycles. The second-order valence-electron chi connectivity index (χ2n) is 6.84. The molecule has 134 valence electrons. The Bertz CT molecular complexity index is 582. The van der Waals surface area contributed by atoms with E-state index in [1.165, 1.54) is 6.07 Å². The zero-order valence-corrected chi connectivity index (χ0v) is 14.1. The van der Waals surface area contributed by atoms with Crippen LogP contribution in [0.4, 0.5) is 18.0 Å². The van der Waals surface area contributed by atoms with Crippen molar-refractivity contribution in [2.45, 2.75) is 58.0 Å². The Kier molecular flexibility index (Phi) is 4.96. The maximum atomic E-state index is 12.5. The smallest absolute Gasteiger partial charge is 0.417 e. The predicted molar refractivity (Wildman–Crippen MR) is 80.7 cm³/mol. The fourth-order valence-corrected chi connectivity index (χ4v) is 2.43. The van der Waals surface area contributed by atoms with E-state index in [1.54, 1.807) is 25.7 Å². The van der Waals surface area contributed by atoms with Gasteiger partial charge >= 0.3 is 12.3 Å². The van der Waals surface area contributed by atoms with Crippen LogP contribution < -0.4 is 4.74 Å². The van der Waals surface area contributed by atoms with Gasteiger partial charge in [-0.2, -0.15) is 13.2 Å². The summed E-state index contributed by atoms with van der Waals surface area (Å²) in [5, 5.41) is 0. The Hall–Kier alpha value is -1.99. The van der Waals surface area contributed by atoms with E-state index < -0.39 is 23.4 Å². The molecule has 2 rings (SSSR count). The van der Waals surface area contributed by atoms with Crippen molar-refractivity contribution < 1.29 is 27.4 Å². The highest BCUT2D eigenvalue weighted by molar-refractivity contribution is 5.69. The number of hydrogen-bond acceptors (Lipinski definition) is 4. The largest absolute Gasteiger partial charge is 0.472 e. The highest BCUT2D eigenvalue weighted by Gasteiger charge is 2.36. The SMILES string of the molecule is CC1CC(Oc2ccc(C(F)(F)F)cn2)CN1C(=O)OC(C)(C)C. The Balaban J connectivity index is 1.96. The van der Waals surface area contributed by atoms with Crippen LogP contribution in [0.15, 0.2) is 18.3 Å². The van der Waals surface area contributed by atoms with Crippen LogP contribution in [0.1, 0.15) is 39.7 Å². The van der Waals surface area contributed by atoms with E-state index in [0.717, 1.165) is 12.3 Å². The molecular formula is C16H21F3N2O3. The van der Waals surface area contributed by atoms with E-state index in [9.17, 15) is 18.0 Å². The first-order valence-electron chi connectivity index (χ1n) is 7.65. The molecule has 8 heteroatoms. The van der Waals surface area contributed by atoms with Crippen LogP contribution in [-0.4, -0.2) is 40.3 Å². The van der Waals surface area contributed by atoms with Crippen LogP contribution in [0.3, 0.4) is 0 Å². The van der Waals surface area contributed by atoms with Crippen molar-refractivity contribution in [3.63, 3.8) is 0 Å². The third kappa shape index (κ3) is 4.75. The third-order valence-corrected chi connectivity index (χ3v) is 3.52. The number of carbonyl (C=O) groups excluding carboxylic acids is 1. The van der Waals surface area contributed by atoms with Crippen molar-refractivity contribution >= 4 is 6.09 Å². The second-order valence-corrected chi connectivity index (χ2v) is 6.84. The zero-order valence-electron chi connectivity index (χ0n) is 14.1. The van der Waals surface area contributed by atoms with Gasteiger partial charge in [0.05, 0.1) is 12.1 Å². The zero-order chi connectivity index (χ0) is 18.1. The van der Waals surface area contributed by atoms with Crippen LogP contribution in [0.5, 0.6) is 5.88 Å². The topological polar surface area (TPSA) is 51.7 Å². The molecule has 0 bridgehead atoms. The Labute approximate surface area is 138 Å². The van der Waals surface area contributed by atoms with Gasteiger partial charge in [-0.15, -0.1) is 0 Å². The van der Waals surface area contributed by atoms with Crippen molar-refractivity contribution in [1.29, 1.82) is 0 Å². The molecule has 0 N–H and O–H groups in total. The Morgan fingerprint density at radius 3 is 2.46 bits per heavy atom. The number of alkyl halides is 3. The molecule has 1 aliphatic rings. The summed E-state index contributed by atoms with van der Waals surface area (Å²) in [4.78, 5) is 17.4. The quantitative estimate of drug-likeness (QED) is 0.815. The minimum absolute atomic E-state index is 0.0840. The summed E-state index contributed by atoms with van der Waals surface area (Å²) < 4.78 is 48.5. The maximum absolute atomic E-state index is 12.5. The van der Waals surface area contributed by atoms with Crippen molar-refractivity contribution in [2.75, 3.05) is 6.54 Å². The fourth-order valence-electron chi connectivity index (χ4n) is 2.43. The first-order valence-corrected chi connectivity index (χ1v) is 7.65. The lowest BCUT2D eigenvalue weighted by Crippen LogP contribution is -2.39. The number of halogens is 3. The molecule has 0 aromatic carbocycles. The number of hydrogen-bond donors (Lipinski definition) is 0. The van der Waals surface area contributed by atoms with E-state index in [4.69, 9.17) is 9.47 Å². The molecule has 0 aliphatic carbocycles. The highest BCUT2D eigenvalue weighted by atomic mass is 19.4. The van der Waals surface area contributed by atoms with Crippen molar-refractivity contribution in [1.82, 2.24) is 9.88 Å². The first kappa shape index (κ1) is 18.4. The molecule has 2 unspecified atom stereocenters. The molecular weight excluding hydrogens is 325 g/mol. The average Bonchev–Trinajstić information content (AvgIpc) is 2.77. The van der Waals surface area contributed by atoms with Crippen LogP contribution in [0, 0.1) is 0 Å². The second kappa shape index (κ2) is 6.49. The predicted octanol–water partition coefficient (Wildman–Crippen LogP) is 3.88. The molecule has 0 spiro atoms. The molecule has 2 atom stereocenters. The summed E-state index contributed by atoms with van der Waals surface area (Å²) in [5.74, 6) is 0.103. The normalized spacial score (nSPS) is 21.7. The molecule has 1 amide bonds. The molecule has 24 heavy (non-hydrogen) atoms. The van der Waals surface area contributed by atoms with Crippen LogP contribution in [-0.2, 0) is 10.9 Å². The number of nitrogens with zero attached hydrogens (tertiary/aromatic N) is 2. The number of aromatic nitrogens is 1. The molecule has 1 aliphatic heterocycles. The van der Waals surface area contributed by atoms with Crippen LogP contribution in [0.25, 0.3) is 0 Å². The van der Waals surface area contributed by atoms with Crippen LogP contribution >= 0.6 is 0 Å². The maximum Gasteiger partial charge on any atom is 0.417 e. The molecule has 1 aromatic rings. The molecule has 0 radical (unpaired) electrons. The summed E-state index contributed by atoms with van der Waals surface area (Å²) in [5.41, 5.74) is -1.42. The van der Waals surface area contributed by atoms with E-state index in [2.05, 4.69) is 4.98 Å². The number of ether oxygens (including phenoxy) is 2. The van der Waals surface area contributed by atoms with Gasteiger partial charge < -0.3 is 14.4 Å². The van der Waals surface area contributed by atoms with Gasteiger partial charge in [0.1, 0.15) is 11.7 Å². The monoisotopic (exact) mass is 346 g/mol. The number of rotatable bonds is 2. The van der Waals surface area contributed by atoms with Crippen molar-refractivity contribution in [3.05, 3.63) is 23.9 Å². The highest BCUT2D eigenvalue weighted by Crippen LogP contribution is 2.30. The van der Waals surface area contributed by atoms with Gasteiger partial charge in [-0.3, -0.25) is 0 Å². The lowest BCUT2D eigenvalue weighted by Gasteiger charge is -2.26. The van der Waals surface area contributed by atoms with E-state index in [1.807, 2.05) is 6.92 Å². The number of carbonyl (C=O) groups is 1. The Morgan fingerprint density at radius 1 is 1.29 bits per heavy atom. The first-order chi connectivity index (χ1) is 11.0. The van der Waals surface area contributed by atoms with Crippen molar-refractivity contribution in [2.24, 2.45) is 0 Å². The number of amides is 1. The minimum Gasteiger partial charge on any atom is -0.472 e. The molecule has 1 aromatic heterocycles. The summed E-state index contributed by atoms with van der Waals surface area (Å²) >= 11 is 0. The molecule has 5 nitrogen and oxygen atoms in total.